The summed E-state index contributed by atoms with van der Waals surface area (Å²) in [5.41, 5.74) is 2.64. The predicted molar refractivity (Wildman–Crippen MR) is 115 cm³/mol. The Morgan fingerprint density at radius 1 is 1.19 bits per heavy atom. The number of ether oxygens (including phenoxy) is 1. The van der Waals surface area contributed by atoms with Crippen molar-refractivity contribution in [3.63, 3.8) is 0 Å². The number of nitrogens with one attached hydrogen (secondary N) is 2. The molecule has 32 heavy (non-hydrogen) atoms. The number of carbonyl (C=O) groups is 1. The van der Waals surface area contributed by atoms with Crippen LogP contribution in [0, 0.1) is 0 Å². The molecule has 0 saturated carbocycles. The van der Waals surface area contributed by atoms with E-state index >= 15 is 0 Å². The number of hydrogen-bond acceptors (Lipinski definition) is 4. The molecule has 9 heteroatoms. The van der Waals surface area contributed by atoms with Crippen LogP contribution in [-0.2, 0) is 30.3 Å². The van der Waals surface area contributed by atoms with Crippen LogP contribution in [0.4, 0.5) is 29.3 Å². The van der Waals surface area contributed by atoms with Crippen molar-refractivity contribution < 1.29 is 27.8 Å². The highest BCUT2D eigenvalue weighted by Crippen LogP contribution is 2.37. The molecule has 4 rings (SSSR count). The van der Waals surface area contributed by atoms with Crippen LogP contribution < -0.4 is 15.5 Å². The molecule has 1 fully saturated rings. The van der Waals surface area contributed by atoms with Gasteiger partial charge in [0.15, 0.2) is 0 Å². The predicted octanol–water partition coefficient (Wildman–Crippen LogP) is 3.71. The third kappa shape index (κ3) is 5.16. The topological polar surface area (TPSA) is 73.8 Å². The molecule has 1 saturated heterocycles. The van der Waals surface area contributed by atoms with E-state index in [0.717, 1.165) is 23.6 Å². The van der Waals surface area contributed by atoms with Gasteiger partial charge in [-0.15, -0.1) is 0 Å². The van der Waals surface area contributed by atoms with Crippen molar-refractivity contribution in [3.8, 4) is 0 Å². The van der Waals surface area contributed by atoms with Crippen molar-refractivity contribution in [2.24, 2.45) is 0 Å². The number of benzene rings is 2. The van der Waals surface area contributed by atoms with E-state index in [0.29, 0.717) is 50.4 Å². The van der Waals surface area contributed by atoms with E-state index in [1.54, 1.807) is 11.0 Å². The summed E-state index contributed by atoms with van der Waals surface area (Å²) in [5, 5.41) is 15.5. The fraction of sp³-hybridized carbons (Fsp3) is 0.435. The van der Waals surface area contributed by atoms with Crippen LogP contribution in [0.3, 0.4) is 0 Å². The average molecular weight is 449 g/mol. The standard InChI is InChI=1S/C23H26F3N3O3/c24-23(25,26)19-7-4-15(12-21(19)29-8-10-32-11-9-29)14-27-22(31)28-20-3-1-2-16-5-6-17(30)13-18(16)20/h1-4,7,12,17,30H,5-6,8-11,13-14H2,(H2,27,28,31)/t17-/m1/s1. The van der Waals surface area contributed by atoms with Crippen LogP contribution in [0.2, 0.25) is 0 Å². The highest BCUT2D eigenvalue weighted by Gasteiger charge is 2.35. The summed E-state index contributed by atoms with van der Waals surface area (Å²) in [6, 6.07) is 9.10. The number of hydrogen-bond donors (Lipinski definition) is 3. The smallest absolute Gasteiger partial charge is 0.393 e. The number of aliphatic hydroxyl groups excluding tert-OH is 1. The quantitative estimate of drug-likeness (QED) is 0.666. The van der Waals surface area contributed by atoms with Gasteiger partial charge >= 0.3 is 12.2 Å². The Balaban J connectivity index is 1.45. The first kappa shape index (κ1) is 22.4. The fourth-order valence-electron chi connectivity index (χ4n) is 4.23. The summed E-state index contributed by atoms with van der Waals surface area (Å²) in [7, 11) is 0. The molecule has 2 aromatic carbocycles. The largest absolute Gasteiger partial charge is 0.418 e. The SMILES string of the molecule is O=C(NCc1ccc(C(F)(F)F)c(N2CCOCC2)c1)Nc1cccc2c1C[C@H](O)CC2. The molecule has 2 aliphatic rings. The van der Waals surface area contributed by atoms with Crippen molar-refractivity contribution in [2.45, 2.75) is 38.1 Å². The Morgan fingerprint density at radius 3 is 2.72 bits per heavy atom. The summed E-state index contributed by atoms with van der Waals surface area (Å²) in [5.74, 6) is 0. The molecule has 0 aromatic heterocycles. The first-order valence-electron chi connectivity index (χ1n) is 10.7. The molecule has 2 amide bonds. The monoisotopic (exact) mass is 449 g/mol. The lowest BCUT2D eigenvalue weighted by molar-refractivity contribution is -0.137. The Bertz CT molecular complexity index is 975. The van der Waals surface area contributed by atoms with E-state index < -0.39 is 23.9 Å². The van der Waals surface area contributed by atoms with Gasteiger partial charge in [0.05, 0.1) is 24.9 Å². The Labute approximate surface area is 184 Å². The number of rotatable bonds is 4. The zero-order valence-corrected chi connectivity index (χ0v) is 17.5. The second-order valence-electron chi connectivity index (χ2n) is 8.10. The van der Waals surface area contributed by atoms with Crippen molar-refractivity contribution in [3.05, 3.63) is 58.7 Å². The number of halogens is 3. The maximum Gasteiger partial charge on any atom is 0.418 e. The molecule has 1 atom stereocenters. The molecule has 0 bridgehead atoms. The first-order chi connectivity index (χ1) is 15.3. The Morgan fingerprint density at radius 2 is 1.97 bits per heavy atom. The number of urea groups is 1. The van der Waals surface area contributed by atoms with Crippen molar-refractivity contribution in [2.75, 3.05) is 36.5 Å². The number of aliphatic hydroxyl groups is 1. The van der Waals surface area contributed by atoms with Crippen LogP contribution in [0.5, 0.6) is 0 Å². The highest BCUT2D eigenvalue weighted by molar-refractivity contribution is 5.90. The minimum absolute atomic E-state index is 0.0823. The van der Waals surface area contributed by atoms with Gasteiger partial charge in [-0.05, 0) is 47.7 Å². The Hall–Kier alpha value is -2.78. The van der Waals surface area contributed by atoms with Crippen molar-refractivity contribution >= 4 is 17.4 Å². The number of alkyl halides is 3. The summed E-state index contributed by atoms with van der Waals surface area (Å²) in [6.07, 6.45) is -2.97. The van der Waals surface area contributed by atoms with Gasteiger partial charge in [0, 0.05) is 37.4 Å². The van der Waals surface area contributed by atoms with Crippen LogP contribution in [-0.4, -0.2) is 43.5 Å². The normalized spacial score (nSPS) is 18.8. The third-order valence-corrected chi connectivity index (χ3v) is 5.88. The minimum Gasteiger partial charge on any atom is -0.393 e. The van der Waals surface area contributed by atoms with Crippen LogP contribution >= 0.6 is 0 Å². The number of amides is 2. The molecule has 1 heterocycles. The molecular weight excluding hydrogens is 423 g/mol. The van der Waals surface area contributed by atoms with Gasteiger partial charge in [-0.3, -0.25) is 0 Å². The molecule has 2 aromatic rings. The van der Waals surface area contributed by atoms with E-state index in [1.165, 1.54) is 12.1 Å². The van der Waals surface area contributed by atoms with E-state index in [4.69, 9.17) is 4.74 Å². The van der Waals surface area contributed by atoms with Crippen LogP contribution in [0.25, 0.3) is 0 Å². The molecule has 1 aliphatic heterocycles. The summed E-state index contributed by atoms with van der Waals surface area (Å²) < 4.78 is 45.8. The first-order valence-corrected chi connectivity index (χ1v) is 10.7. The van der Waals surface area contributed by atoms with Gasteiger partial charge in [0.1, 0.15) is 0 Å². The summed E-state index contributed by atoms with van der Waals surface area (Å²) >= 11 is 0. The minimum atomic E-state index is -4.46. The van der Waals surface area contributed by atoms with Crippen LogP contribution in [0.15, 0.2) is 36.4 Å². The number of fused-ring (bicyclic) bond motifs is 1. The molecule has 0 spiro atoms. The molecule has 1 aliphatic carbocycles. The number of aryl methyl sites for hydroxylation is 1. The number of carbonyl (C=O) groups excluding carboxylic acids is 1. The number of morpholine rings is 1. The molecular formula is C23H26F3N3O3. The summed E-state index contributed by atoms with van der Waals surface area (Å²) in [4.78, 5) is 14.1. The van der Waals surface area contributed by atoms with Gasteiger partial charge in [-0.25, -0.2) is 4.79 Å². The van der Waals surface area contributed by atoms with Gasteiger partial charge in [0.2, 0.25) is 0 Å². The molecule has 3 N–H and O–H groups in total. The van der Waals surface area contributed by atoms with E-state index in [9.17, 15) is 23.1 Å². The second kappa shape index (κ2) is 9.38. The molecule has 172 valence electrons. The number of nitrogens with zero attached hydrogens (tertiary/aromatic N) is 1. The molecule has 0 unspecified atom stereocenters. The third-order valence-electron chi connectivity index (χ3n) is 5.88. The zero-order chi connectivity index (χ0) is 22.7. The van der Waals surface area contributed by atoms with Crippen molar-refractivity contribution in [1.82, 2.24) is 5.32 Å². The van der Waals surface area contributed by atoms with E-state index in [1.807, 2.05) is 12.1 Å². The van der Waals surface area contributed by atoms with Gasteiger partial charge in [-0.1, -0.05) is 18.2 Å². The van der Waals surface area contributed by atoms with E-state index in [-0.39, 0.29) is 12.2 Å². The fourth-order valence-corrected chi connectivity index (χ4v) is 4.23. The molecule has 6 nitrogen and oxygen atoms in total. The average Bonchev–Trinajstić information content (AvgIpc) is 2.78. The lowest BCUT2D eigenvalue weighted by Crippen LogP contribution is -2.37. The second-order valence-corrected chi connectivity index (χ2v) is 8.10. The van der Waals surface area contributed by atoms with E-state index in [2.05, 4.69) is 10.6 Å². The lowest BCUT2D eigenvalue weighted by atomic mass is 9.88. The van der Waals surface area contributed by atoms with Gasteiger partial charge in [0.25, 0.3) is 0 Å². The number of anilines is 2. The van der Waals surface area contributed by atoms with Crippen LogP contribution in [0.1, 0.15) is 28.7 Å². The van der Waals surface area contributed by atoms with Gasteiger partial charge < -0.3 is 25.4 Å². The highest BCUT2D eigenvalue weighted by atomic mass is 19.4. The summed E-state index contributed by atoms with van der Waals surface area (Å²) in [6.45, 7) is 1.59. The maximum absolute atomic E-state index is 13.5. The van der Waals surface area contributed by atoms with Crippen molar-refractivity contribution in [1.29, 1.82) is 0 Å². The lowest BCUT2D eigenvalue weighted by Gasteiger charge is -2.31. The molecule has 0 radical (unpaired) electrons. The van der Waals surface area contributed by atoms with Gasteiger partial charge in [-0.2, -0.15) is 13.2 Å². The zero-order valence-electron chi connectivity index (χ0n) is 17.5. The maximum atomic E-state index is 13.5. The Kier molecular flexibility index (Phi) is 6.57.